The molecule has 0 bridgehead atoms. The average Bonchev–Trinajstić information content (AvgIpc) is 3.64. The van der Waals surface area contributed by atoms with Crippen molar-refractivity contribution in [3.63, 3.8) is 0 Å². The molecule has 5 atom stereocenters. The standard InChI is InChI=1S/C35H48N6O7S/c1-7-23(4)31(39-35(46)48-6)33(44)40-41(19-25-13-15-26(16-14-25)29-18-36-21-49-29)20-28(42)27(17-24-11-9-8-10-12-24)37-32(43)30(22(2)3)38-34(45)47-5/h8-16,18,21-23,27-28,30-31,42H,7,17,19-20H2,1-6H3,(H,37,43)(H,38,45)(H,39,46)(H,40,44)/t23-,27-,28-,30-,31-/m0/s1. The maximum Gasteiger partial charge on any atom is 0.407 e. The number of nitrogens with one attached hydrogen (secondary N) is 4. The Morgan fingerprint density at radius 2 is 1.49 bits per heavy atom. The second kappa shape index (κ2) is 19.5. The highest BCUT2D eigenvalue weighted by atomic mass is 32.1. The van der Waals surface area contributed by atoms with E-state index >= 15 is 0 Å². The monoisotopic (exact) mass is 696 g/mol. The lowest BCUT2D eigenvalue weighted by molar-refractivity contribution is -0.131. The Balaban J connectivity index is 1.91. The molecular weight excluding hydrogens is 648 g/mol. The van der Waals surface area contributed by atoms with Crippen molar-refractivity contribution in [1.29, 1.82) is 0 Å². The van der Waals surface area contributed by atoms with Crippen LogP contribution in [-0.4, -0.2) is 84.1 Å². The zero-order valence-electron chi connectivity index (χ0n) is 28.8. The lowest BCUT2D eigenvalue weighted by Gasteiger charge is -2.33. The minimum Gasteiger partial charge on any atom is -0.453 e. The molecule has 0 aliphatic rings. The van der Waals surface area contributed by atoms with Gasteiger partial charge in [-0.05, 0) is 34.9 Å². The molecule has 5 N–H and O–H groups in total. The molecule has 0 unspecified atom stereocenters. The molecule has 1 heterocycles. The Labute approximate surface area is 291 Å². The number of hydrogen-bond acceptors (Lipinski definition) is 10. The van der Waals surface area contributed by atoms with Gasteiger partial charge in [0.25, 0.3) is 5.91 Å². The maximum absolute atomic E-state index is 13.7. The number of hydrazine groups is 1. The van der Waals surface area contributed by atoms with Gasteiger partial charge in [0, 0.05) is 19.3 Å². The minimum absolute atomic E-state index is 0.0949. The van der Waals surface area contributed by atoms with E-state index in [1.54, 1.807) is 30.6 Å². The minimum atomic E-state index is -1.19. The van der Waals surface area contributed by atoms with Gasteiger partial charge in [-0.2, -0.15) is 0 Å². The predicted octanol–water partition coefficient (Wildman–Crippen LogP) is 3.88. The van der Waals surface area contributed by atoms with E-state index in [0.29, 0.717) is 6.42 Å². The third-order valence-electron chi connectivity index (χ3n) is 8.17. The van der Waals surface area contributed by atoms with Crippen molar-refractivity contribution in [1.82, 2.24) is 31.4 Å². The van der Waals surface area contributed by atoms with Crippen LogP contribution in [0.25, 0.3) is 10.4 Å². The van der Waals surface area contributed by atoms with Gasteiger partial charge in [-0.3, -0.25) is 20.0 Å². The van der Waals surface area contributed by atoms with E-state index in [9.17, 15) is 24.3 Å². The fraction of sp³-hybridized carbons (Fsp3) is 0.457. The van der Waals surface area contributed by atoms with Crippen molar-refractivity contribution in [2.75, 3.05) is 20.8 Å². The van der Waals surface area contributed by atoms with Crippen LogP contribution in [-0.2, 0) is 32.0 Å². The first-order valence-corrected chi connectivity index (χ1v) is 17.1. The number of aromatic nitrogens is 1. The van der Waals surface area contributed by atoms with Gasteiger partial charge in [0.15, 0.2) is 0 Å². The molecule has 49 heavy (non-hydrogen) atoms. The molecule has 3 rings (SSSR count). The highest BCUT2D eigenvalue weighted by Gasteiger charge is 2.32. The molecule has 0 aliphatic heterocycles. The van der Waals surface area contributed by atoms with Crippen LogP contribution in [0.15, 0.2) is 66.3 Å². The molecule has 0 saturated carbocycles. The lowest BCUT2D eigenvalue weighted by Crippen LogP contribution is -2.59. The molecule has 2 aromatic carbocycles. The lowest BCUT2D eigenvalue weighted by atomic mass is 9.98. The van der Waals surface area contributed by atoms with Gasteiger partial charge >= 0.3 is 12.2 Å². The van der Waals surface area contributed by atoms with Crippen LogP contribution in [0.2, 0.25) is 0 Å². The van der Waals surface area contributed by atoms with E-state index < -0.39 is 48.2 Å². The van der Waals surface area contributed by atoms with Gasteiger partial charge < -0.3 is 30.5 Å². The largest absolute Gasteiger partial charge is 0.453 e. The number of amides is 4. The number of alkyl carbamates (subject to hydrolysis) is 2. The molecule has 0 aliphatic carbocycles. The molecule has 0 fully saturated rings. The number of hydrogen-bond donors (Lipinski definition) is 5. The summed E-state index contributed by atoms with van der Waals surface area (Å²) >= 11 is 1.52. The van der Waals surface area contributed by atoms with E-state index in [1.807, 2.05) is 68.4 Å². The second-order valence-corrected chi connectivity index (χ2v) is 13.0. The highest BCUT2D eigenvalue weighted by molar-refractivity contribution is 7.13. The maximum atomic E-state index is 13.7. The van der Waals surface area contributed by atoms with E-state index in [0.717, 1.165) is 21.6 Å². The van der Waals surface area contributed by atoms with Crippen molar-refractivity contribution in [3.05, 3.63) is 77.4 Å². The number of carbonyl (C=O) groups excluding carboxylic acids is 4. The molecule has 0 saturated heterocycles. The molecule has 266 valence electrons. The van der Waals surface area contributed by atoms with Crippen molar-refractivity contribution >= 4 is 35.3 Å². The van der Waals surface area contributed by atoms with E-state index in [-0.39, 0.29) is 31.3 Å². The summed E-state index contributed by atoms with van der Waals surface area (Å²) in [6.45, 7) is 7.43. The van der Waals surface area contributed by atoms with Crippen molar-refractivity contribution < 1.29 is 33.8 Å². The first kappa shape index (κ1) is 38.9. The van der Waals surface area contributed by atoms with E-state index in [1.165, 1.54) is 25.6 Å². The van der Waals surface area contributed by atoms with Crippen LogP contribution in [0.4, 0.5) is 9.59 Å². The Bertz CT molecular complexity index is 1470. The summed E-state index contributed by atoms with van der Waals surface area (Å²) in [5, 5.41) is 21.4. The predicted molar refractivity (Wildman–Crippen MR) is 187 cm³/mol. The fourth-order valence-electron chi connectivity index (χ4n) is 5.11. The van der Waals surface area contributed by atoms with Gasteiger partial charge in [0.05, 0.1) is 36.8 Å². The quantitative estimate of drug-likeness (QED) is 0.131. The summed E-state index contributed by atoms with van der Waals surface area (Å²) in [7, 11) is 2.44. The first-order chi connectivity index (χ1) is 23.4. The van der Waals surface area contributed by atoms with Crippen molar-refractivity contribution in [2.24, 2.45) is 11.8 Å². The topological polar surface area (TPSA) is 171 Å². The second-order valence-electron chi connectivity index (χ2n) is 12.1. The number of rotatable bonds is 17. The summed E-state index contributed by atoms with van der Waals surface area (Å²) in [5.74, 6) is -1.49. The Morgan fingerprint density at radius 1 is 0.857 bits per heavy atom. The summed E-state index contributed by atoms with van der Waals surface area (Å²) < 4.78 is 9.48. The Kier molecular flexibility index (Phi) is 15.5. The molecule has 3 aromatic rings. The normalized spacial score (nSPS) is 14.2. The molecule has 1 aromatic heterocycles. The number of carbonyl (C=O) groups is 4. The molecular formula is C35H48N6O7S. The SMILES string of the molecule is CC[C@H](C)[C@H](NC(=O)OC)C(=O)NN(Cc1ccc(-c2cncs2)cc1)C[C@H](O)[C@H](Cc1ccccc1)NC(=O)[C@@H](NC(=O)OC)C(C)C. The van der Waals surface area contributed by atoms with Crippen LogP contribution < -0.4 is 21.4 Å². The van der Waals surface area contributed by atoms with E-state index in [4.69, 9.17) is 9.47 Å². The zero-order valence-corrected chi connectivity index (χ0v) is 29.7. The van der Waals surface area contributed by atoms with Gasteiger partial charge in [-0.1, -0.05) is 88.7 Å². The molecule has 0 spiro atoms. The van der Waals surface area contributed by atoms with E-state index in [2.05, 4.69) is 26.4 Å². The molecule has 4 amide bonds. The summed E-state index contributed by atoms with van der Waals surface area (Å²) in [5.41, 5.74) is 7.36. The zero-order chi connectivity index (χ0) is 35.9. The van der Waals surface area contributed by atoms with Crippen LogP contribution in [0, 0.1) is 11.8 Å². The third-order valence-corrected chi connectivity index (χ3v) is 8.99. The van der Waals surface area contributed by atoms with Gasteiger partial charge in [0.2, 0.25) is 5.91 Å². The number of benzene rings is 2. The first-order valence-electron chi connectivity index (χ1n) is 16.2. The summed E-state index contributed by atoms with van der Waals surface area (Å²) in [6.07, 6.45) is -0.0234. The van der Waals surface area contributed by atoms with Crippen LogP contribution >= 0.6 is 11.3 Å². The third kappa shape index (κ3) is 12.1. The van der Waals surface area contributed by atoms with Crippen molar-refractivity contribution in [2.45, 2.75) is 71.3 Å². The van der Waals surface area contributed by atoms with Gasteiger partial charge in [-0.15, -0.1) is 11.3 Å². The molecule has 14 heteroatoms. The smallest absolute Gasteiger partial charge is 0.407 e. The highest BCUT2D eigenvalue weighted by Crippen LogP contribution is 2.24. The number of aliphatic hydroxyl groups is 1. The average molecular weight is 697 g/mol. The van der Waals surface area contributed by atoms with Crippen LogP contribution in [0.3, 0.4) is 0 Å². The molecule has 0 radical (unpaired) electrons. The summed E-state index contributed by atoms with van der Waals surface area (Å²) in [6, 6.07) is 14.5. The van der Waals surface area contributed by atoms with Crippen LogP contribution in [0.5, 0.6) is 0 Å². The molecule has 13 nitrogen and oxygen atoms in total. The number of nitrogens with zero attached hydrogens (tertiary/aromatic N) is 2. The van der Waals surface area contributed by atoms with Crippen molar-refractivity contribution in [3.8, 4) is 10.4 Å². The fourth-order valence-corrected chi connectivity index (χ4v) is 5.74. The van der Waals surface area contributed by atoms with Gasteiger partial charge in [-0.25, -0.2) is 14.6 Å². The van der Waals surface area contributed by atoms with Gasteiger partial charge in [0.1, 0.15) is 12.1 Å². The van der Waals surface area contributed by atoms with Crippen LogP contribution in [0.1, 0.15) is 45.2 Å². The number of methoxy groups -OCH3 is 2. The number of ether oxygens (including phenoxy) is 2. The number of thiazole rings is 1. The Hall–Kier alpha value is -4.53. The number of aliphatic hydroxyl groups excluding tert-OH is 1. The summed E-state index contributed by atoms with van der Waals surface area (Å²) in [4.78, 5) is 56.5. The Morgan fingerprint density at radius 3 is 2.04 bits per heavy atom.